The van der Waals surface area contributed by atoms with Crippen LogP contribution in [0.15, 0.2) is 24.3 Å². The van der Waals surface area contributed by atoms with Gasteiger partial charge in [-0.3, -0.25) is 9.59 Å². The summed E-state index contributed by atoms with van der Waals surface area (Å²) in [6.07, 6.45) is 5.42. The van der Waals surface area contributed by atoms with Crippen molar-refractivity contribution in [1.82, 2.24) is 5.32 Å². The number of hydrogen-bond acceptors (Lipinski definition) is 4. The molecule has 0 heterocycles. The maximum atomic E-state index is 12.3. The Bertz CT molecular complexity index is 548. The van der Waals surface area contributed by atoms with Gasteiger partial charge in [-0.2, -0.15) is 0 Å². The smallest absolute Gasteiger partial charge is 0.238 e. The summed E-state index contributed by atoms with van der Waals surface area (Å²) in [6, 6.07) is 7.26. The zero-order chi connectivity index (χ0) is 17.2. The van der Waals surface area contributed by atoms with Gasteiger partial charge in [0.1, 0.15) is 0 Å². The van der Waals surface area contributed by atoms with Crippen molar-refractivity contribution in [1.29, 1.82) is 0 Å². The lowest BCUT2D eigenvalue weighted by atomic mass is 9.88. The van der Waals surface area contributed by atoms with Crippen molar-refractivity contribution < 1.29 is 14.3 Å². The van der Waals surface area contributed by atoms with E-state index in [9.17, 15) is 9.59 Å². The van der Waals surface area contributed by atoms with Gasteiger partial charge in [0.2, 0.25) is 11.8 Å². The van der Waals surface area contributed by atoms with Gasteiger partial charge < -0.3 is 20.7 Å². The van der Waals surface area contributed by atoms with Crippen molar-refractivity contribution in [2.24, 2.45) is 5.92 Å². The van der Waals surface area contributed by atoms with Gasteiger partial charge >= 0.3 is 0 Å². The molecule has 0 unspecified atom stereocenters. The summed E-state index contributed by atoms with van der Waals surface area (Å²) < 4.78 is 4.91. The summed E-state index contributed by atoms with van der Waals surface area (Å²) in [4.78, 5) is 24.1. The third kappa shape index (κ3) is 7.86. The second-order valence-corrected chi connectivity index (χ2v) is 6.12. The van der Waals surface area contributed by atoms with Gasteiger partial charge in [0.15, 0.2) is 0 Å². The van der Waals surface area contributed by atoms with Gasteiger partial charge in [-0.25, -0.2) is 0 Å². The van der Waals surface area contributed by atoms with Crippen LogP contribution in [0.2, 0.25) is 0 Å². The molecule has 0 aliphatic heterocycles. The second-order valence-electron chi connectivity index (χ2n) is 6.12. The van der Waals surface area contributed by atoms with Crippen LogP contribution in [0.1, 0.15) is 32.1 Å². The molecule has 0 saturated heterocycles. The summed E-state index contributed by atoms with van der Waals surface area (Å²) in [6.45, 7) is 1.42. The Morgan fingerprint density at radius 3 is 2.48 bits per heavy atom. The molecule has 1 aliphatic rings. The minimum absolute atomic E-state index is 0. The van der Waals surface area contributed by atoms with Gasteiger partial charge in [0.25, 0.3) is 0 Å². The van der Waals surface area contributed by atoms with Crippen molar-refractivity contribution in [3.05, 3.63) is 24.3 Å². The van der Waals surface area contributed by atoms with E-state index in [-0.39, 0.29) is 36.7 Å². The van der Waals surface area contributed by atoms with Crippen LogP contribution in [0, 0.1) is 5.92 Å². The first-order chi connectivity index (χ1) is 11.7. The van der Waals surface area contributed by atoms with E-state index in [0.29, 0.717) is 18.8 Å². The molecule has 0 spiro atoms. The molecule has 0 atom stereocenters. The second kappa shape index (κ2) is 11.8. The number of benzene rings is 1. The third-order valence-electron chi connectivity index (χ3n) is 4.16. The molecule has 1 aromatic rings. The van der Waals surface area contributed by atoms with Gasteiger partial charge in [0.05, 0.1) is 13.2 Å². The molecule has 7 heteroatoms. The molecule has 0 radical (unpaired) electrons. The van der Waals surface area contributed by atoms with Gasteiger partial charge in [0, 0.05) is 30.9 Å². The van der Waals surface area contributed by atoms with E-state index < -0.39 is 0 Å². The number of carbonyl (C=O) groups is 2. The SMILES string of the molecule is COCCNCC(=O)Nc1cccc(NC(=O)C2CCCCC2)c1.Cl. The van der Waals surface area contributed by atoms with Crippen LogP contribution in [0.3, 0.4) is 0 Å². The normalized spacial score (nSPS) is 14.4. The van der Waals surface area contributed by atoms with Crippen molar-refractivity contribution in [2.75, 3.05) is 37.4 Å². The number of hydrogen-bond donors (Lipinski definition) is 3. The number of amides is 2. The van der Waals surface area contributed by atoms with Gasteiger partial charge in [-0.15, -0.1) is 12.4 Å². The van der Waals surface area contributed by atoms with Crippen molar-refractivity contribution >= 4 is 35.6 Å². The van der Waals surface area contributed by atoms with Gasteiger partial charge in [-0.05, 0) is 31.0 Å². The van der Waals surface area contributed by atoms with Crippen molar-refractivity contribution in [3.63, 3.8) is 0 Å². The maximum absolute atomic E-state index is 12.3. The Morgan fingerprint density at radius 2 is 1.80 bits per heavy atom. The van der Waals surface area contributed by atoms with E-state index >= 15 is 0 Å². The van der Waals surface area contributed by atoms with Crippen LogP contribution in [0.25, 0.3) is 0 Å². The van der Waals surface area contributed by atoms with Crippen LogP contribution in [-0.4, -0.2) is 38.6 Å². The quantitative estimate of drug-likeness (QED) is 0.615. The molecule has 140 valence electrons. The summed E-state index contributed by atoms with van der Waals surface area (Å²) >= 11 is 0. The number of anilines is 2. The lowest BCUT2D eigenvalue weighted by molar-refractivity contribution is -0.120. The third-order valence-corrected chi connectivity index (χ3v) is 4.16. The first-order valence-electron chi connectivity index (χ1n) is 8.59. The molecule has 1 saturated carbocycles. The largest absolute Gasteiger partial charge is 0.383 e. The highest BCUT2D eigenvalue weighted by molar-refractivity contribution is 5.95. The molecule has 1 aliphatic carbocycles. The van der Waals surface area contributed by atoms with Crippen molar-refractivity contribution in [3.8, 4) is 0 Å². The molecule has 6 nitrogen and oxygen atoms in total. The molecule has 2 rings (SSSR count). The Balaban J connectivity index is 0.00000312. The lowest BCUT2D eigenvalue weighted by Gasteiger charge is -2.20. The molecular weight excluding hydrogens is 342 g/mol. The highest BCUT2D eigenvalue weighted by Gasteiger charge is 2.21. The molecule has 3 N–H and O–H groups in total. The number of nitrogens with one attached hydrogen (secondary N) is 3. The zero-order valence-corrected chi connectivity index (χ0v) is 15.5. The van der Waals surface area contributed by atoms with E-state index in [2.05, 4.69) is 16.0 Å². The van der Waals surface area contributed by atoms with Crippen LogP contribution in [0.4, 0.5) is 11.4 Å². The zero-order valence-electron chi connectivity index (χ0n) is 14.7. The standard InChI is InChI=1S/C18H27N3O3.ClH/c1-24-11-10-19-13-17(22)20-15-8-5-9-16(12-15)21-18(23)14-6-3-2-4-7-14;/h5,8-9,12,14,19H,2-4,6-7,10-11,13H2,1H3,(H,20,22)(H,21,23);1H. The van der Waals surface area contributed by atoms with E-state index in [1.165, 1.54) is 6.42 Å². The van der Waals surface area contributed by atoms with Gasteiger partial charge in [-0.1, -0.05) is 25.3 Å². The summed E-state index contributed by atoms with van der Waals surface area (Å²) in [5, 5.41) is 8.77. The minimum atomic E-state index is -0.123. The average molecular weight is 370 g/mol. The fourth-order valence-electron chi connectivity index (χ4n) is 2.87. The fourth-order valence-corrected chi connectivity index (χ4v) is 2.87. The van der Waals surface area contributed by atoms with Crippen LogP contribution in [-0.2, 0) is 14.3 Å². The predicted molar refractivity (Wildman–Crippen MR) is 102 cm³/mol. The highest BCUT2D eigenvalue weighted by atomic mass is 35.5. The molecule has 1 aromatic carbocycles. The molecule has 0 aromatic heterocycles. The Morgan fingerprint density at radius 1 is 1.12 bits per heavy atom. The number of carbonyl (C=O) groups excluding carboxylic acids is 2. The summed E-state index contributed by atoms with van der Waals surface area (Å²) in [7, 11) is 1.62. The van der Waals surface area contributed by atoms with Crippen LogP contribution >= 0.6 is 12.4 Å². The Labute approximate surface area is 155 Å². The molecule has 1 fully saturated rings. The lowest BCUT2D eigenvalue weighted by Crippen LogP contribution is -2.30. The first-order valence-corrected chi connectivity index (χ1v) is 8.59. The number of ether oxygens (including phenoxy) is 1. The first kappa shape index (κ1) is 21.4. The van der Waals surface area contributed by atoms with E-state index in [4.69, 9.17) is 4.74 Å². The van der Waals surface area contributed by atoms with Crippen LogP contribution in [0.5, 0.6) is 0 Å². The number of methoxy groups -OCH3 is 1. The average Bonchev–Trinajstić information content (AvgIpc) is 2.60. The van der Waals surface area contributed by atoms with E-state index in [1.54, 1.807) is 13.2 Å². The van der Waals surface area contributed by atoms with Crippen molar-refractivity contribution in [2.45, 2.75) is 32.1 Å². The minimum Gasteiger partial charge on any atom is -0.383 e. The Kier molecular flexibility index (Phi) is 10.1. The van der Waals surface area contributed by atoms with E-state index in [1.807, 2.05) is 18.2 Å². The van der Waals surface area contributed by atoms with Crippen LogP contribution < -0.4 is 16.0 Å². The molecule has 2 amide bonds. The van der Waals surface area contributed by atoms with E-state index in [0.717, 1.165) is 31.4 Å². The predicted octanol–water partition coefficient (Wildman–Crippen LogP) is 2.80. The molecular formula is C18H28ClN3O3. The molecule has 25 heavy (non-hydrogen) atoms. The number of halogens is 1. The summed E-state index contributed by atoms with van der Waals surface area (Å²) in [5.74, 6) is 0.0725. The Hall–Kier alpha value is -1.63. The monoisotopic (exact) mass is 369 g/mol. The summed E-state index contributed by atoms with van der Waals surface area (Å²) in [5.41, 5.74) is 1.39. The number of rotatable bonds is 8. The highest BCUT2D eigenvalue weighted by Crippen LogP contribution is 2.25. The maximum Gasteiger partial charge on any atom is 0.238 e. The molecule has 0 bridgehead atoms. The fraction of sp³-hybridized carbons (Fsp3) is 0.556. The topological polar surface area (TPSA) is 79.5 Å².